The van der Waals surface area contributed by atoms with Gasteiger partial charge in [-0.2, -0.15) is 0 Å². The second kappa shape index (κ2) is 6.20. The van der Waals surface area contributed by atoms with Gasteiger partial charge < -0.3 is 10.6 Å². The number of carbonyl (C=O) groups excluding carboxylic acids is 1. The Morgan fingerprint density at radius 1 is 1.32 bits per heavy atom. The molecule has 2 N–H and O–H groups in total. The lowest BCUT2D eigenvalue weighted by atomic mass is 9.76. The van der Waals surface area contributed by atoms with Crippen LogP contribution in [0.25, 0.3) is 0 Å². The van der Waals surface area contributed by atoms with Crippen LogP contribution >= 0.6 is 0 Å². The third kappa shape index (κ3) is 3.16. The molecule has 1 aromatic carbocycles. The summed E-state index contributed by atoms with van der Waals surface area (Å²) in [7, 11) is 0. The van der Waals surface area contributed by atoms with E-state index < -0.39 is 0 Å². The number of piperidine rings is 1. The van der Waals surface area contributed by atoms with Crippen LogP contribution in [-0.2, 0) is 11.3 Å². The van der Waals surface area contributed by atoms with Crippen molar-refractivity contribution in [3.8, 4) is 0 Å². The quantitative estimate of drug-likeness (QED) is 0.873. The maximum absolute atomic E-state index is 12.5. The van der Waals surface area contributed by atoms with Gasteiger partial charge in [0.05, 0.1) is 5.41 Å². The number of hydrogen-bond donors (Lipinski definition) is 2. The van der Waals surface area contributed by atoms with E-state index in [9.17, 15) is 4.79 Å². The molecule has 1 aliphatic heterocycles. The highest BCUT2D eigenvalue weighted by Gasteiger charge is 2.37. The lowest BCUT2D eigenvalue weighted by Crippen LogP contribution is -2.47. The molecule has 19 heavy (non-hydrogen) atoms. The smallest absolute Gasteiger partial charge is 0.226 e. The van der Waals surface area contributed by atoms with Crippen molar-refractivity contribution in [3.05, 3.63) is 35.4 Å². The molecule has 1 saturated heterocycles. The molecule has 3 heteroatoms. The topological polar surface area (TPSA) is 41.1 Å². The maximum atomic E-state index is 12.5. The molecule has 0 unspecified atom stereocenters. The van der Waals surface area contributed by atoms with Crippen LogP contribution in [0.1, 0.15) is 37.3 Å². The van der Waals surface area contributed by atoms with Crippen molar-refractivity contribution in [2.75, 3.05) is 13.1 Å². The Kier molecular flexibility index (Phi) is 4.59. The van der Waals surface area contributed by atoms with E-state index in [0.29, 0.717) is 6.54 Å². The molecule has 104 valence electrons. The van der Waals surface area contributed by atoms with E-state index in [1.54, 1.807) is 0 Å². The van der Waals surface area contributed by atoms with E-state index in [4.69, 9.17) is 0 Å². The van der Waals surface area contributed by atoms with Gasteiger partial charge in [0.2, 0.25) is 5.91 Å². The van der Waals surface area contributed by atoms with Gasteiger partial charge in [-0.1, -0.05) is 31.2 Å². The van der Waals surface area contributed by atoms with Gasteiger partial charge in [-0.25, -0.2) is 0 Å². The van der Waals surface area contributed by atoms with Gasteiger partial charge >= 0.3 is 0 Å². The predicted octanol–water partition coefficient (Wildman–Crippen LogP) is 2.39. The molecule has 0 spiro atoms. The number of rotatable bonds is 4. The largest absolute Gasteiger partial charge is 0.352 e. The van der Waals surface area contributed by atoms with E-state index in [0.717, 1.165) is 32.4 Å². The van der Waals surface area contributed by atoms with Gasteiger partial charge in [-0.15, -0.1) is 0 Å². The van der Waals surface area contributed by atoms with Gasteiger partial charge in [-0.05, 0) is 50.4 Å². The minimum atomic E-state index is -0.159. The SMILES string of the molecule is CCC1(C(=O)NCc2ccccc2C)CCNCC1. The number of nitrogens with one attached hydrogen (secondary N) is 2. The van der Waals surface area contributed by atoms with E-state index >= 15 is 0 Å². The third-order valence-electron chi connectivity index (χ3n) is 4.42. The Morgan fingerprint density at radius 2 is 2.00 bits per heavy atom. The molecule has 1 amide bonds. The number of hydrogen-bond acceptors (Lipinski definition) is 2. The zero-order valence-electron chi connectivity index (χ0n) is 12.0. The van der Waals surface area contributed by atoms with Crippen molar-refractivity contribution in [1.82, 2.24) is 10.6 Å². The van der Waals surface area contributed by atoms with E-state index in [1.165, 1.54) is 11.1 Å². The molecule has 0 atom stereocenters. The Morgan fingerprint density at radius 3 is 2.63 bits per heavy atom. The fourth-order valence-corrected chi connectivity index (χ4v) is 2.82. The van der Waals surface area contributed by atoms with E-state index in [1.807, 2.05) is 12.1 Å². The van der Waals surface area contributed by atoms with Crippen LogP contribution in [-0.4, -0.2) is 19.0 Å². The molecule has 0 aliphatic carbocycles. The Balaban J connectivity index is 1.98. The maximum Gasteiger partial charge on any atom is 0.226 e. The third-order valence-corrected chi connectivity index (χ3v) is 4.42. The predicted molar refractivity (Wildman–Crippen MR) is 77.9 cm³/mol. The highest BCUT2D eigenvalue weighted by Crippen LogP contribution is 2.32. The average Bonchev–Trinajstić information content (AvgIpc) is 2.46. The monoisotopic (exact) mass is 260 g/mol. The fourth-order valence-electron chi connectivity index (χ4n) is 2.82. The molecule has 1 heterocycles. The number of benzene rings is 1. The summed E-state index contributed by atoms with van der Waals surface area (Å²) in [4.78, 5) is 12.5. The zero-order valence-corrected chi connectivity index (χ0v) is 12.0. The first-order chi connectivity index (χ1) is 9.18. The van der Waals surface area contributed by atoms with Gasteiger partial charge in [0, 0.05) is 6.54 Å². The van der Waals surface area contributed by atoms with E-state index in [-0.39, 0.29) is 11.3 Å². The van der Waals surface area contributed by atoms with Gasteiger partial charge in [0.1, 0.15) is 0 Å². The van der Waals surface area contributed by atoms with Gasteiger partial charge in [-0.3, -0.25) is 4.79 Å². The second-order valence-corrected chi connectivity index (χ2v) is 5.49. The molecule has 1 fully saturated rings. The first kappa shape index (κ1) is 14.1. The standard InChI is InChI=1S/C16H24N2O/c1-3-16(8-10-17-11-9-16)15(19)18-12-14-7-5-4-6-13(14)2/h4-7,17H,3,8-12H2,1-2H3,(H,18,19). The van der Waals surface area contributed by atoms with Crippen molar-refractivity contribution in [3.63, 3.8) is 0 Å². The first-order valence-corrected chi connectivity index (χ1v) is 7.21. The van der Waals surface area contributed by atoms with E-state index in [2.05, 4.69) is 36.6 Å². The second-order valence-electron chi connectivity index (χ2n) is 5.49. The molecule has 1 aromatic rings. The van der Waals surface area contributed by atoms with Crippen molar-refractivity contribution < 1.29 is 4.79 Å². The highest BCUT2D eigenvalue weighted by molar-refractivity contribution is 5.82. The molecular formula is C16H24N2O. The minimum Gasteiger partial charge on any atom is -0.352 e. The molecule has 0 radical (unpaired) electrons. The Bertz CT molecular complexity index is 436. The van der Waals surface area contributed by atoms with Crippen molar-refractivity contribution in [2.45, 2.75) is 39.7 Å². The molecular weight excluding hydrogens is 236 g/mol. The number of amides is 1. The lowest BCUT2D eigenvalue weighted by molar-refractivity contribution is -0.133. The normalized spacial score (nSPS) is 18.0. The fraction of sp³-hybridized carbons (Fsp3) is 0.562. The van der Waals surface area contributed by atoms with Gasteiger partial charge in [0.25, 0.3) is 0 Å². The Labute approximate surface area is 115 Å². The summed E-state index contributed by atoms with van der Waals surface area (Å²) < 4.78 is 0. The van der Waals surface area contributed by atoms with Crippen LogP contribution < -0.4 is 10.6 Å². The van der Waals surface area contributed by atoms with Crippen LogP contribution in [0.3, 0.4) is 0 Å². The summed E-state index contributed by atoms with van der Waals surface area (Å²) in [6.45, 7) is 6.75. The molecule has 2 rings (SSSR count). The van der Waals surface area contributed by atoms with Crippen LogP contribution in [0.15, 0.2) is 24.3 Å². The summed E-state index contributed by atoms with van der Waals surface area (Å²) in [5, 5.41) is 6.47. The summed E-state index contributed by atoms with van der Waals surface area (Å²) in [5.41, 5.74) is 2.28. The molecule has 0 aromatic heterocycles. The number of aryl methyl sites for hydroxylation is 1. The van der Waals surface area contributed by atoms with Crippen LogP contribution in [0.5, 0.6) is 0 Å². The van der Waals surface area contributed by atoms with Crippen molar-refractivity contribution in [2.24, 2.45) is 5.41 Å². The van der Waals surface area contributed by atoms with Crippen LogP contribution in [0.4, 0.5) is 0 Å². The molecule has 1 aliphatic rings. The lowest BCUT2D eigenvalue weighted by Gasteiger charge is -2.35. The molecule has 0 bridgehead atoms. The van der Waals surface area contributed by atoms with Crippen molar-refractivity contribution >= 4 is 5.91 Å². The zero-order chi connectivity index (χ0) is 13.7. The summed E-state index contributed by atoms with van der Waals surface area (Å²) in [6, 6.07) is 8.22. The summed E-state index contributed by atoms with van der Waals surface area (Å²) in [6.07, 6.45) is 2.82. The van der Waals surface area contributed by atoms with Crippen LogP contribution in [0.2, 0.25) is 0 Å². The highest BCUT2D eigenvalue weighted by atomic mass is 16.2. The average molecular weight is 260 g/mol. The molecule has 0 saturated carbocycles. The van der Waals surface area contributed by atoms with Crippen LogP contribution in [0, 0.1) is 12.3 Å². The first-order valence-electron chi connectivity index (χ1n) is 7.21. The van der Waals surface area contributed by atoms with Crippen molar-refractivity contribution in [1.29, 1.82) is 0 Å². The Hall–Kier alpha value is -1.35. The minimum absolute atomic E-state index is 0.159. The molecule has 3 nitrogen and oxygen atoms in total. The number of carbonyl (C=O) groups is 1. The van der Waals surface area contributed by atoms with Gasteiger partial charge in [0.15, 0.2) is 0 Å². The summed E-state index contributed by atoms with van der Waals surface area (Å²) >= 11 is 0. The summed E-state index contributed by atoms with van der Waals surface area (Å²) in [5.74, 6) is 0.222.